The fourth-order valence-corrected chi connectivity index (χ4v) is 4.01. The van der Waals surface area contributed by atoms with Gasteiger partial charge in [-0.25, -0.2) is 23.5 Å². The molecule has 1 aliphatic carbocycles. The number of nitrogens with zero attached hydrogens (tertiary/aromatic N) is 3. The minimum absolute atomic E-state index is 0.0236. The monoisotopic (exact) mass is 449 g/mol. The smallest absolute Gasteiger partial charge is 0.320 e. The van der Waals surface area contributed by atoms with E-state index in [1.54, 1.807) is 25.1 Å². The summed E-state index contributed by atoms with van der Waals surface area (Å²) in [7, 11) is 0. The number of rotatable bonds is 6. The van der Waals surface area contributed by atoms with Gasteiger partial charge in [0.05, 0.1) is 12.4 Å². The maximum Gasteiger partial charge on any atom is 0.320 e. The molecule has 2 amide bonds. The molecular weight excluding hydrogens is 428 g/mol. The molecule has 2 N–H and O–H groups in total. The third-order valence-corrected chi connectivity index (χ3v) is 5.73. The van der Waals surface area contributed by atoms with Gasteiger partial charge in [0.25, 0.3) is 0 Å². The number of hydrogen-bond donors (Lipinski definition) is 2. The van der Waals surface area contributed by atoms with Crippen LogP contribution in [0.5, 0.6) is 11.5 Å². The van der Waals surface area contributed by atoms with Crippen molar-refractivity contribution < 1.29 is 18.3 Å². The number of pyridine rings is 2. The molecule has 33 heavy (non-hydrogen) atoms. The van der Waals surface area contributed by atoms with Crippen LogP contribution < -0.4 is 15.4 Å². The highest BCUT2D eigenvalue weighted by Gasteiger charge is 2.52. The molecule has 0 unspecified atom stereocenters. The van der Waals surface area contributed by atoms with Crippen LogP contribution in [0.25, 0.3) is 0 Å². The number of urea groups is 1. The van der Waals surface area contributed by atoms with Crippen molar-refractivity contribution in [2.24, 2.45) is 5.92 Å². The third kappa shape index (κ3) is 4.75. The molecule has 2 aromatic heterocycles. The van der Waals surface area contributed by atoms with E-state index in [1.165, 1.54) is 18.5 Å². The Morgan fingerprint density at radius 3 is 2.39 bits per heavy atom. The largest absolute Gasteiger partial charge is 0.454 e. The van der Waals surface area contributed by atoms with Crippen molar-refractivity contribution in [2.45, 2.75) is 32.2 Å². The lowest BCUT2D eigenvalue weighted by Crippen LogP contribution is -2.32. The lowest BCUT2D eigenvalue weighted by atomic mass is 10.0. The number of halogens is 2. The van der Waals surface area contributed by atoms with Crippen molar-refractivity contribution in [1.29, 1.82) is 5.26 Å². The highest BCUT2D eigenvalue weighted by atomic mass is 19.1. The van der Waals surface area contributed by atoms with Crippen molar-refractivity contribution in [1.82, 2.24) is 15.3 Å². The number of carbonyl (C=O) groups is 1. The van der Waals surface area contributed by atoms with Crippen molar-refractivity contribution in [3.8, 4) is 17.6 Å². The highest BCUT2D eigenvalue weighted by molar-refractivity contribution is 5.88. The van der Waals surface area contributed by atoms with E-state index in [1.807, 2.05) is 13.0 Å². The fourth-order valence-electron chi connectivity index (χ4n) is 4.01. The van der Waals surface area contributed by atoms with Crippen LogP contribution in [0.1, 0.15) is 36.1 Å². The van der Waals surface area contributed by atoms with Crippen LogP contribution >= 0.6 is 0 Å². The second-order valence-corrected chi connectivity index (χ2v) is 7.76. The first kappa shape index (κ1) is 22.1. The first-order valence-corrected chi connectivity index (χ1v) is 10.4. The van der Waals surface area contributed by atoms with Gasteiger partial charge in [-0.05, 0) is 60.4 Å². The summed E-state index contributed by atoms with van der Waals surface area (Å²) in [5, 5.41) is 14.3. The Labute approximate surface area is 189 Å². The number of ether oxygens (including phenoxy) is 1. The maximum atomic E-state index is 14.4. The molecule has 3 atom stereocenters. The van der Waals surface area contributed by atoms with Crippen LogP contribution in [0.15, 0.2) is 48.8 Å². The predicted molar refractivity (Wildman–Crippen MR) is 117 cm³/mol. The van der Waals surface area contributed by atoms with Crippen molar-refractivity contribution in [2.75, 3.05) is 5.32 Å². The van der Waals surface area contributed by atoms with Crippen molar-refractivity contribution >= 4 is 11.8 Å². The van der Waals surface area contributed by atoms with Gasteiger partial charge in [-0.2, -0.15) is 5.26 Å². The second-order valence-electron chi connectivity index (χ2n) is 7.76. The molecule has 0 spiro atoms. The summed E-state index contributed by atoms with van der Waals surface area (Å²) in [5.41, 5.74) is 0.881. The van der Waals surface area contributed by atoms with E-state index in [4.69, 9.17) is 10.00 Å². The van der Waals surface area contributed by atoms with Gasteiger partial charge in [0.1, 0.15) is 40.7 Å². The van der Waals surface area contributed by atoms with E-state index in [-0.39, 0.29) is 29.1 Å². The van der Waals surface area contributed by atoms with E-state index in [9.17, 15) is 13.6 Å². The molecule has 168 valence electrons. The molecule has 0 radical (unpaired) electrons. The van der Waals surface area contributed by atoms with Crippen LogP contribution in [-0.4, -0.2) is 22.0 Å². The molecule has 0 aliphatic heterocycles. The van der Waals surface area contributed by atoms with Crippen LogP contribution in [-0.2, 0) is 0 Å². The summed E-state index contributed by atoms with van der Waals surface area (Å²) in [6.45, 7) is 3.50. The summed E-state index contributed by atoms with van der Waals surface area (Å²) in [6.07, 6.45) is 3.59. The van der Waals surface area contributed by atoms with Crippen LogP contribution in [0, 0.1) is 35.8 Å². The van der Waals surface area contributed by atoms with Crippen LogP contribution in [0.3, 0.4) is 0 Å². The number of anilines is 1. The average molecular weight is 449 g/mol. The topological polar surface area (TPSA) is 99.9 Å². The van der Waals surface area contributed by atoms with Gasteiger partial charge in [0.15, 0.2) is 0 Å². The summed E-state index contributed by atoms with van der Waals surface area (Å²) >= 11 is 0. The molecule has 1 aromatic carbocycles. The normalized spacial score (nSPS) is 18.8. The van der Waals surface area contributed by atoms with E-state index in [0.29, 0.717) is 22.9 Å². The molecule has 4 rings (SSSR count). The van der Waals surface area contributed by atoms with E-state index in [0.717, 1.165) is 18.6 Å². The SMILES string of the molecule is CC[C@H]1[C@@H](NC(=O)Nc2ccc(Oc3ccc(C#N)nc3)cn2)[C@H]1c1c(F)ccc(F)c1C. The molecule has 0 bridgehead atoms. The Kier molecular flexibility index (Phi) is 6.18. The zero-order valence-electron chi connectivity index (χ0n) is 18.0. The lowest BCUT2D eigenvalue weighted by Gasteiger charge is -2.10. The fraction of sp³-hybridized carbons (Fsp3) is 0.250. The van der Waals surface area contributed by atoms with Crippen molar-refractivity contribution in [3.63, 3.8) is 0 Å². The highest BCUT2D eigenvalue weighted by Crippen LogP contribution is 2.51. The van der Waals surface area contributed by atoms with Gasteiger partial charge in [0.2, 0.25) is 0 Å². The molecule has 1 aliphatic rings. The molecular formula is C24H21F2N5O2. The Hall–Kier alpha value is -4.06. The molecule has 0 saturated heterocycles. The first-order chi connectivity index (χ1) is 15.9. The van der Waals surface area contributed by atoms with E-state index < -0.39 is 17.7 Å². The van der Waals surface area contributed by atoms with E-state index >= 15 is 0 Å². The van der Waals surface area contributed by atoms with Crippen LogP contribution in [0.4, 0.5) is 19.4 Å². The minimum atomic E-state index is -0.479. The minimum Gasteiger partial charge on any atom is -0.454 e. The third-order valence-electron chi connectivity index (χ3n) is 5.73. The van der Waals surface area contributed by atoms with Gasteiger partial charge >= 0.3 is 6.03 Å². The lowest BCUT2D eigenvalue weighted by molar-refractivity contribution is 0.251. The predicted octanol–water partition coefficient (Wildman–Crippen LogP) is 5.04. The molecule has 3 aromatic rings. The van der Waals surface area contributed by atoms with Gasteiger partial charge in [0, 0.05) is 12.0 Å². The van der Waals surface area contributed by atoms with Crippen LogP contribution in [0.2, 0.25) is 0 Å². The quantitative estimate of drug-likeness (QED) is 0.549. The molecule has 2 heterocycles. The number of nitrogens with one attached hydrogen (secondary N) is 2. The maximum absolute atomic E-state index is 14.4. The number of aromatic nitrogens is 2. The van der Waals surface area contributed by atoms with Gasteiger partial charge in [-0.3, -0.25) is 5.32 Å². The number of amides is 2. The Morgan fingerprint density at radius 2 is 1.79 bits per heavy atom. The Balaban J connectivity index is 1.37. The number of benzene rings is 1. The average Bonchev–Trinajstić information content (AvgIpc) is 3.49. The summed E-state index contributed by atoms with van der Waals surface area (Å²) in [6, 6.07) is 9.75. The molecule has 9 heteroatoms. The first-order valence-electron chi connectivity index (χ1n) is 10.4. The summed E-state index contributed by atoms with van der Waals surface area (Å²) in [4.78, 5) is 20.6. The molecule has 1 saturated carbocycles. The number of hydrogen-bond acceptors (Lipinski definition) is 5. The van der Waals surface area contributed by atoms with E-state index in [2.05, 4.69) is 20.6 Å². The molecule has 7 nitrogen and oxygen atoms in total. The summed E-state index contributed by atoms with van der Waals surface area (Å²) < 4.78 is 34.0. The second kappa shape index (κ2) is 9.20. The molecule has 1 fully saturated rings. The van der Waals surface area contributed by atoms with Gasteiger partial charge in [-0.15, -0.1) is 0 Å². The Bertz CT molecular complexity index is 1210. The zero-order chi connectivity index (χ0) is 23.5. The van der Waals surface area contributed by atoms with Gasteiger partial charge < -0.3 is 10.1 Å². The number of nitriles is 1. The zero-order valence-corrected chi connectivity index (χ0v) is 18.0. The number of carbonyl (C=O) groups excluding carboxylic acids is 1. The van der Waals surface area contributed by atoms with Crippen molar-refractivity contribution in [3.05, 3.63) is 77.2 Å². The Morgan fingerprint density at radius 1 is 1.09 bits per heavy atom. The van der Waals surface area contributed by atoms with Gasteiger partial charge in [-0.1, -0.05) is 13.3 Å². The standard InChI is InChI=1S/C24H21F2N5O2/c1-3-17-22(21-13(2)18(25)7-8-19(21)26)23(17)31-24(32)30-20-9-6-16(12-29-20)33-15-5-4-14(10-27)28-11-15/h4-9,11-12,17,22-23H,3H2,1-2H3,(H2,29,30,31,32)/t17-,22-,23-/m1/s1. The summed E-state index contributed by atoms with van der Waals surface area (Å²) in [5.74, 6) is 0.00154.